The molecule has 0 radical (unpaired) electrons. The minimum Gasteiger partial charge on any atom is -0.368 e. The Morgan fingerprint density at radius 2 is 1.21 bits per heavy atom. The van der Waals surface area contributed by atoms with Gasteiger partial charge in [0.25, 0.3) is 0 Å². The zero-order chi connectivity index (χ0) is 19.7. The van der Waals surface area contributed by atoms with Crippen LogP contribution in [0.2, 0.25) is 0 Å². The Balaban J connectivity index is 1.32. The molecule has 0 aliphatic heterocycles. The van der Waals surface area contributed by atoms with Gasteiger partial charge in [-0.2, -0.15) is 0 Å². The van der Waals surface area contributed by atoms with E-state index in [2.05, 4.69) is 32.2 Å². The van der Waals surface area contributed by atoms with Crippen LogP contribution in [0.4, 0.5) is 5.82 Å². The molecule has 0 aromatic carbocycles. The second-order valence-corrected chi connectivity index (χ2v) is 8.05. The van der Waals surface area contributed by atoms with Crippen LogP contribution in [0, 0.1) is 0 Å². The lowest BCUT2D eigenvalue weighted by atomic mass is 10.0. The Morgan fingerprint density at radius 1 is 0.679 bits per heavy atom. The number of aromatic nitrogens is 4. The molecule has 28 heavy (non-hydrogen) atoms. The van der Waals surface area contributed by atoms with E-state index in [0.29, 0.717) is 0 Å². The SMILES string of the molecule is CCCCCCCCCCCCCCCCCCNc1ncnc2nc[nH]c12. The first kappa shape index (κ1) is 22.6. The van der Waals surface area contributed by atoms with Gasteiger partial charge in [0.1, 0.15) is 11.8 Å². The zero-order valence-corrected chi connectivity index (χ0v) is 18.0. The Morgan fingerprint density at radius 3 is 1.79 bits per heavy atom. The average molecular weight is 388 g/mol. The molecule has 0 spiro atoms. The van der Waals surface area contributed by atoms with E-state index in [4.69, 9.17) is 0 Å². The normalized spacial score (nSPS) is 11.3. The van der Waals surface area contributed by atoms with Gasteiger partial charge in [-0.25, -0.2) is 15.0 Å². The Bertz CT molecular complexity index is 610. The van der Waals surface area contributed by atoms with E-state index in [9.17, 15) is 0 Å². The molecular formula is C23H41N5. The molecule has 0 unspecified atom stereocenters. The summed E-state index contributed by atoms with van der Waals surface area (Å²) in [6.07, 6.45) is 25.7. The van der Waals surface area contributed by atoms with E-state index in [1.807, 2.05) is 0 Å². The van der Waals surface area contributed by atoms with Gasteiger partial charge in [-0.05, 0) is 6.42 Å². The van der Waals surface area contributed by atoms with E-state index in [0.717, 1.165) is 23.5 Å². The van der Waals surface area contributed by atoms with Gasteiger partial charge >= 0.3 is 0 Å². The van der Waals surface area contributed by atoms with Crippen LogP contribution in [0.15, 0.2) is 12.7 Å². The summed E-state index contributed by atoms with van der Waals surface area (Å²) in [6, 6.07) is 0. The number of hydrogen-bond donors (Lipinski definition) is 2. The predicted octanol–water partition coefficient (Wildman–Crippen LogP) is 7.03. The maximum absolute atomic E-state index is 4.30. The molecule has 2 N–H and O–H groups in total. The third kappa shape index (κ3) is 9.52. The molecule has 0 fully saturated rings. The maximum Gasteiger partial charge on any atom is 0.182 e. The van der Waals surface area contributed by atoms with Gasteiger partial charge in [-0.15, -0.1) is 0 Å². The maximum atomic E-state index is 4.30. The highest BCUT2D eigenvalue weighted by Gasteiger charge is 2.04. The monoisotopic (exact) mass is 387 g/mol. The van der Waals surface area contributed by atoms with E-state index in [1.165, 1.54) is 103 Å². The molecule has 5 nitrogen and oxygen atoms in total. The Hall–Kier alpha value is -1.65. The van der Waals surface area contributed by atoms with Crippen molar-refractivity contribution in [3.05, 3.63) is 12.7 Å². The van der Waals surface area contributed by atoms with Crippen molar-refractivity contribution in [1.29, 1.82) is 0 Å². The van der Waals surface area contributed by atoms with Gasteiger partial charge in [0.2, 0.25) is 0 Å². The lowest BCUT2D eigenvalue weighted by Crippen LogP contribution is -2.04. The molecule has 2 heterocycles. The van der Waals surface area contributed by atoms with Gasteiger partial charge in [0.05, 0.1) is 6.33 Å². The van der Waals surface area contributed by atoms with Crippen molar-refractivity contribution in [2.75, 3.05) is 11.9 Å². The molecule has 0 bridgehead atoms. The van der Waals surface area contributed by atoms with E-state index >= 15 is 0 Å². The number of aromatic amines is 1. The van der Waals surface area contributed by atoms with Crippen molar-refractivity contribution in [1.82, 2.24) is 19.9 Å². The smallest absolute Gasteiger partial charge is 0.182 e. The summed E-state index contributed by atoms with van der Waals surface area (Å²) < 4.78 is 0. The van der Waals surface area contributed by atoms with Crippen molar-refractivity contribution < 1.29 is 0 Å². The van der Waals surface area contributed by atoms with Crippen LogP contribution in [-0.2, 0) is 0 Å². The summed E-state index contributed by atoms with van der Waals surface area (Å²) in [4.78, 5) is 15.7. The van der Waals surface area contributed by atoms with Gasteiger partial charge in [0.15, 0.2) is 11.5 Å². The van der Waals surface area contributed by atoms with Crippen molar-refractivity contribution in [3.63, 3.8) is 0 Å². The van der Waals surface area contributed by atoms with E-state index < -0.39 is 0 Å². The van der Waals surface area contributed by atoms with Crippen molar-refractivity contribution in [2.24, 2.45) is 0 Å². The minimum atomic E-state index is 0.726. The Kier molecular flexibility index (Phi) is 12.4. The first-order valence-corrected chi connectivity index (χ1v) is 11.8. The third-order valence-electron chi connectivity index (χ3n) is 5.55. The van der Waals surface area contributed by atoms with Gasteiger partial charge in [0, 0.05) is 6.54 Å². The number of unbranched alkanes of at least 4 members (excludes halogenated alkanes) is 15. The van der Waals surface area contributed by atoms with E-state index in [1.54, 1.807) is 12.7 Å². The number of rotatable bonds is 18. The molecule has 158 valence electrons. The summed E-state index contributed by atoms with van der Waals surface area (Å²) in [5, 5.41) is 3.40. The number of nitrogens with zero attached hydrogens (tertiary/aromatic N) is 3. The van der Waals surface area contributed by atoms with Gasteiger partial charge in [-0.3, -0.25) is 0 Å². The molecule has 0 aliphatic rings. The number of anilines is 1. The topological polar surface area (TPSA) is 66.5 Å². The lowest BCUT2D eigenvalue weighted by molar-refractivity contribution is 0.530. The van der Waals surface area contributed by atoms with E-state index in [-0.39, 0.29) is 0 Å². The molecule has 2 aromatic heterocycles. The van der Waals surface area contributed by atoms with Crippen LogP contribution in [0.3, 0.4) is 0 Å². The highest BCUT2D eigenvalue weighted by Crippen LogP contribution is 2.15. The fraction of sp³-hybridized carbons (Fsp3) is 0.783. The summed E-state index contributed by atoms with van der Waals surface area (Å²) >= 11 is 0. The van der Waals surface area contributed by atoms with Crippen molar-refractivity contribution >= 4 is 17.0 Å². The highest BCUT2D eigenvalue weighted by molar-refractivity contribution is 5.81. The average Bonchev–Trinajstić information content (AvgIpc) is 3.20. The predicted molar refractivity (Wildman–Crippen MR) is 120 cm³/mol. The summed E-state index contributed by atoms with van der Waals surface area (Å²) in [5.74, 6) is 0.864. The Labute approximate surface area is 171 Å². The first-order chi connectivity index (χ1) is 13.9. The van der Waals surface area contributed by atoms with Crippen LogP contribution in [0.5, 0.6) is 0 Å². The molecule has 2 aromatic rings. The molecular weight excluding hydrogens is 346 g/mol. The molecule has 2 rings (SSSR count). The second-order valence-electron chi connectivity index (χ2n) is 8.05. The molecule has 5 heteroatoms. The number of H-pyrrole nitrogens is 1. The van der Waals surface area contributed by atoms with Crippen molar-refractivity contribution in [3.8, 4) is 0 Å². The fourth-order valence-corrected chi connectivity index (χ4v) is 3.78. The summed E-state index contributed by atoms with van der Waals surface area (Å²) in [7, 11) is 0. The van der Waals surface area contributed by atoms with Crippen LogP contribution in [0.1, 0.15) is 110 Å². The number of fused-ring (bicyclic) bond motifs is 1. The fourth-order valence-electron chi connectivity index (χ4n) is 3.78. The minimum absolute atomic E-state index is 0.726. The van der Waals surface area contributed by atoms with Gasteiger partial charge < -0.3 is 10.3 Å². The molecule has 0 atom stereocenters. The number of hydrogen-bond acceptors (Lipinski definition) is 4. The van der Waals surface area contributed by atoms with Crippen LogP contribution < -0.4 is 5.32 Å². The quantitative estimate of drug-likeness (QED) is 0.269. The van der Waals surface area contributed by atoms with Crippen molar-refractivity contribution in [2.45, 2.75) is 110 Å². The largest absolute Gasteiger partial charge is 0.368 e. The summed E-state index contributed by atoms with van der Waals surface area (Å²) in [6.45, 7) is 3.25. The molecule has 0 aliphatic carbocycles. The molecule has 0 saturated carbocycles. The van der Waals surface area contributed by atoms with Crippen LogP contribution >= 0.6 is 0 Å². The highest BCUT2D eigenvalue weighted by atomic mass is 15.1. The molecule has 0 saturated heterocycles. The first-order valence-electron chi connectivity index (χ1n) is 11.8. The lowest BCUT2D eigenvalue weighted by Gasteiger charge is -2.06. The van der Waals surface area contributed by atoms with Gasteiger partial charge in [-0.1, -0.05) is 103 Å². The standard InChI is InChI=1S/C23H41N5/c1-2-3-4-5-6-7-8-9-10-11-12-13-14-15-16-17-18-24-22-21-23(26-19-25-21)28-20-27-22/h19-20H,2-18H2,1H3,(H2,24,25,26,27,28). The number of imidazole rings is 1. The third-order valence-corrected chi connectivity index (χ3v) is 5.55. The number of nitrogens with one attached hydrogen (secondary N) is 2. The van der Waals surface area contributed by atoms with Crippen LogP contribution in [0.25, 0.3) is 11.2 Å². The zero-order valence-electron chi connectivity index (χ0n) is 18.0. The summed E-state index contributed by atoms with van der Waals surface area (Å²) in [5.41, 5.74) is 1.63. The molecule has 0 amide bonds. The van der Waals surface area contributed by atoms with Crippen LogP contribution in [-0.4, -0.2) is 26.5 Å². The second kappa shape index (κ2) is 15.3.